The number of nitro benzene ring substituents is 1. The van der Waals surface area contributed by atoms with E-state index in [1.54, 1.807) is 31.2 Å². The summed E-state index contributed by atoms with van der Waals surface area (Å²) in [7, 11) is 0. The van der Waals surface area contributed by atoms with Gasteiger partial charge in [0.25, 0.3) is 5.69 Å². The summed E-state index contributed by atoms with van der Waals surface area (Å²) in [6, 6.07) is 11.4. The number of nitrogens with zero attached hydrogens (tertiary/aromatic N) is 1. The van der Waals surface area contributed by atoms with E-state index in [4.69, 9.17) is 11.6 Å². The van der Waals surface area contributed by atoms with Gasteiger partial charge in [-0.1, -0.05) is 29.8 Å². The Morgan fingerprint density at radius 3 is 2.64 bits per heavy atom. The van der Waals surface area contributed by atoms with E-state index in [1.165, 1.54) is 24.3 Å². The summed E-state index contributed by atoms with van der Waals surface area (Å²) in [6.45, 7) is 1.69. The fraction of sp³-hybridized carbons (Fsp3) is 0.0625. The smallest absolute Gasteiger partial charge is 0.269 e. The van der Waals surface area contributed by atoms with Gasteiger partial charge in [-0.15, -0.1) is 0 Å². The summed E-state index contributed by atoms with van der Waals surface area (Å²) in [5.74, 6) is -0.336. The molecule has 0 aliphatic heterocycles. The maximum absolute atomic E-state index is 11.9. The fourth-order valence-corrected chi connectivity index (χ4v) is 2.05. The van der Waals surface area contributed by atoms with Crippen molar-refractivity contribution in [1.82, 2.24) is 0 Å². The van der Waals surface area contributed by atoms with Crippen LogP contribution in [0.25, 0.3) is 6.08 Å². The Morgan fingerprint density at radius 1 is 1.27 bits per heavy atom. The molecule has 0 saturated heterocycles. The minimum atomic E-state index is -0.476. The van der Waals surface area contributed by atoms with Gasteiger partial charge in [-0.2, -0.15) is 0 Å². The first kappa shape index (κ1) is 15.7. The Kier molecular flexibility index (Phi) is 4.91. The molecule has 22 heavy (non-hydrogen) atoms. The summed E-state index contributed by atoms with van der Waals surface area (Å²) >= 11 is 5.99. The molecule has 2 aromatic carbocycles. The van der Waals surface area contributed by atoms with Crippen molar-refractivity contribution in [3.63, 3.8) is 0 Å². The minimum Gasteiger partial charge on any atom is -0.322 e. The molecule has 0 radical (unpaired) electrons. The van der Waals surface area contributed by atoms with Gasteiger partial charge in [0.2, 0.25) is 5.91 Å². The number of anilines is 1. The predicted molar refractivity (Wildman–Crippen MR) is 86.9 cm³/mol. The van der Waals surface area contributed by atoms with Crippen LogP contribution in [0.3, 0.4) is 0 Å². The van der Waals surface area contributed by atoms with Crippen molar-refractivity contribution in [3.8, 4) is 0 Å². The highest BCUT2D eigenvalue weighted by Gasteiger charge is 2.09. The summed E-state index contributed by atoms with van der Waals surface area (Å²) in [5.41, 5.74) is 1.87. The van der Waals surface area contributed by atoms with Gasteiger partial charge < -0.3 is 5.32 Å². The molecule has 0 aliphatic rings. The number of rotatable bonds is 4. The van der Waals surface area contributed by atoms with Crippen molar-refractivity contribution in [3.05, 3.63) is 74.8 Å². The van der Waals surface area contributed by atoms with Crippen molar-refractivity contribution < 1.29 is 9.72 Å². The molecule has 0 bridgehead atoms. The summed E-state index contributed by atoms with van der Waals surface area (Å²) in [6.07, 6.45) is 2.97. The third kappa shape index (κ3) is 3.93. The molecule has 112 valence electrons. The molecule has 1 amide bonds. The second kappa shape index (κ2) is 6.87. The van der Waals surface area contributed by atoms with E-state index in [9.17, 15) is 14.9 Å². The SMILES string of the molecule is Cc1cc([N+](=O)[O-])ccc1NC(=O)C=Cc1ccccc1Cl. The molecule has 0 aliphatic carbocycles. The molecule has 2 aromatic rings. The third-order valence-corrected chi connectivity index (χ3v) is 3.34. The molecule has 0 saturated carbocycles. The molecular weight excluding hydrogens is 304 g/mol. The zero-order chi connectivity index (χ0) is 16.1. The number of benzene rings is 2. The molecule has 0 unspecified atom stereocenters. The van der Waals surface area contributed by atoms with E-state index >= 15 is 0 Å². The Morgan fingerprint density at radius 2 is 2.00 bits per heavy atom. The van der Waals surface area contributed by atoms with E-state index in [2.05, 4.69) is 5.32 Å². The predicted octanol–water partition coefficient (Wildman–Crippen LogP) is 4.21. The number of nitro groups is 1. The van der Waals surface area contributed by atoms with Gasteiger partial charge in [0, 0.05) is 28.9 Å². The van der Waals surface area contributed by atoms with Crippen LogP contribution < -0.4 is 5.32 Å². The zero-order valence-corrected chi connectivity index (χ0v) is 12.5. The highest BCUT2D eigenvalue weighted by Crippen LogP contribution is 2.21. The lowest BCUT2D eigenvalue weighted by molar-refractivity contribution is -0.384. The van der Waals surface area contributed by atoms with Gasteiger partial charge >= 0.3 is 0 Å². The third-order valence-electron chi connectivity index (χ3n) is 3.00. The first-order valence-electron chi connectivity index (χ1n) is 6.46. The monoisotopic (exact) mass is 316 g/mol. The molecule has 0 fully saturated rings. The molecule has 5 nitrogen and oxygen atoms in total. The van der Waals surface area contributed by atoms with Crippen molar-refractivity contribution in [1.29, 1.82) is 0 Å². The lowest BCUT2D eigenvalue weighted by atomic mass is 10.1. The Labute approximate surface area is 132 Å². The van der Waals surface area contributed by atoms with Crippen LogP contribution in [0.1, 0.15) is 11.1 Å². The second-order valence-electron chi connectivity index (χ2n) is 4.60. The van der Waals surface area contributed by atoms with Gasteiger partial charge in [0.05, 0.1) is 4.92 Å². The van der Waals surface area contributed by atoms with Gasteiger partial charge in [-0.25, -0.2) is 0 Å². The standard InChI is InChI=1S/C16H13ClN2O3/c1-11-10-13(19(21)22)7-8-15(11)18-16(20)9-6-12-4-2-3-5-14(12)17/h2-10H,1H3,(H,18,20). The van der Waals surface area contributed by atoms with E-state index in [0.717, 1.165) is 5.56 Å². The van der Waals surface area contributed by atoms with Crippen LogP contribution in [-0.2, 0) is 4.79 Å². The average molecular weight is 317 g/mol. The lowest BCUT2D eigenvalue weighted by Crippen LogP contribution is -2.09. The van der Waals surface area contributed by atoms with Crippen LogP contribution >= 0.6 is 11.6 Å². The number of aryl methyl sites for hydroxylation is 1. The van der Waals surface area contributed by atoms with Crippen LogP contribution in [0.5, 0.6) is 0 Å². The second-order valence-corrected chi connectivity index (χ2v) is 5.01. The maximum Gasteiger partial charge on any atom is 0.269 e. The Bertz CT molecular complexity index is 757. The fourth-order valence-electron chi connectivity index (χ4n) is 1.85. The summed E-state index contributed by atoms with van der Waals surface area (Å²) in [4.78, 5) is 22.1. The number of halogens is 1. The van der Waals surface area contributed by atoms with Gasteiger partial charge in [-0.3, -0.25) is 14.9 Å². The minimum absolute atomic E-state index is 0.0119. The Balaban J connectivity index is 2.09. The molecule has 6 heteroatoms. The number of carbonyl (C=O) groups excluding carboxylic acids is 1. The number of amides is 1. The number of hydrogen-bond donors (Lipinski definition) is 1. The van der Waals surface area contributed by atoms with E-state index in [1.807, 2.05) is 6.07 Å². The van der Waals surface area contributed by atoms with Gasteiger partial charge in [0.15, 0.2) is 0 Å². The molecule has 2 rings (SSSR count). The zero-order valence-electron chi connectivity index (χ0n) is 11.7. The van der Waals surface area contributed by atoms with E-state index in [0.29, 0.717) is 16.3 Å². The Hall–Kier alpha value is -2.66. The van der Waals surface area contributed by atoms with Crippen LogP contribution in [0.15, 0.2) is 48.5 Å². The topological polar surface area (TPSA) is 72.2 Å². The van der Waals surface area contributed by atoms with E-state index < -0.39 is 4.92 Å². The highest BCUT2D eigenvalue weighted by atomic mass is 35.5. The van der Waals surface area contributed by atoms with Gasteiger partial charge in [0.1, 0.15) is 0 Å². The maximum atomic E-state index is 11.9. The lowest BCUT2D eigenvalue weighted by Gasteiger charge is -2.06. The van der Waals surface area contributed by atoms with Crippen molar-refractivity contribution >= 4 is 35.0 Å². The number of hydrogen-bond acceptors (Lipinski definition) is 3. The van der Waals surface area contributed by atoms with Crippen LogP contribution in [0.4, 0.5) is 11.4 Å². The van der Waals surface area contributed by atoms with Crippen LogP contribution in [-0.4, -0.2) is 10.8 Å². The van der Waals surface area contributed by atoms with Crippen molar-refractivity contribution in [2.75, 3.05) is 5.32 Å². The molecule has 0 heterocycles. The first-order valence-corrected chi connectivity index (χ1v) is 6.84. The van der Waals surface area contributed by atoms with Gasteiger partial charge in [-0.05, 0) is 36.3 Å². The molecule has 0 aromatic heterocycles. The summed E-state index contributed by atoms with van der Waals surface area (Å²) in [5, 5.41) is 13.9. The largest absolute Gasteiger partial charge is 0.322 e. The normalized spacial score (nSPS) is 10.6. The number of non-ortho nitro benzene ring substituents is 1. The van der Waals surface area contributed by atoms with Crippen LogP contribution in [0.2, 0.25) is 5.02 Å². The van der Waals surface area contributed by atoms with Crippen molar-refractivity contribution in [2.24, 2.45) is 0 Å². The number of carbonyl (C=O) groups is 1. The summed E-state index contributed by atoms with van der Waals surface area (Å²) < 4.78 is 0. The molecule has 0 spiro atoms. The van der Waals surface area contributed by atoms with E-state index in [-0.39, 0.29) is 11.6 Å². The molecule has 1 N–H and O–H groups in total. The van der Waals surface area contributed by atoms with Crippen molar-refractivity contribution in [2.45, 2.75) is 6.92 Å². The van der Waals surface area contributed by atoms with Crippen LogP contribution in [0, 0.1) is 17.0 Å². The number of nitrogens with one attached hydrogen (secondary N) is 1. The first-order chi connectivity index (χ1) is 10.5. The molecule has 0 atom stereocenters. The highest BCUT2D eigenvalue weighted by molar-refractivity contribution is 6.32. The average Bonchev–Trinajstić information content (AvgIpc) is 2.48. The quantitative estimate of drug-likeness (QED) is 0.521. The molecular formula is C16H13ClN2O3.